The first-order chi connectivity index (χ1) is 15.0. The number of rotatable bonds is 6. The number of benzene rings is 3. The highest BCUT2D eigenvalue weighted by atomic mass is 16.5. The summed E-state index contributed by atoms with van der Waals surface area (Å²) in [6.45, 7) is 0.653. The third kappa shape index (κ3) is 4.51. The molecule has 0 saturated carbocycles. The molecule has 1 heterocycles. The van der Waals surface area contributed by atoms with Gasteiger partial charge in [0.25, 0.3) is 5.91 Å². The average Bonchev–Trinajstić information content (AvgIpc) is 3.10. The van der Waals surface area contributed by atoms with Crippen molar-refractivity contribution in [2.45, 2.75) is 6.54 Å². The lowest BCUT2D eigenvalue weighted by atomic mass is 10.2. The van der Waals surface area contributed by atoms with Crippen molar-refractivity contribution >= 4 is 23.0 Å². The van der Waals surface area contributed by atoms with Gasteiger partial charge in [-0.3, -0.25) is 4.79 Å². The van der Waals surface area contributed by atoms with Crippen LogP contribution in [0.2, 0.25) is 0 Å². The molecule has 0 aliphatic rings. The molecular weight excluding hydrogens is 394 g/mol. The Hall–Kier alpha value is -4.26. The zero-order chi connectivity index (χ0) is 21.8. The van der Waals surface area contributed by atoms with E-state index in [-0.39, 0.29) is 17.1 Å². The second-order valence-corrected chi connectivity index (χ2v) is 7.02. The van der Waals surface area contributed by atoms with Gasteiger partial charge < -0.3 is 19.5 Å². The number of aromatic hydroxyl groups is 2. The molecule has 7 heteroatoms. The van der Waals surface area contributed by atoms with Crippen LogP contribution >= 0.6 is 0 Å². The van der Waals surface area contributed by atoms with E-state index in [1.165, 1.54) is 12.1 Å². The van der Waals surface area contributed by atoms with Gasteiger partial charge >= 0.3 is 0 Å². The van der Waals surface area contributed by atoms with Crippen LogP contribution in [0.25, 0.3) is 10.9 Å². The zero-order valence-corrected chi connectivity index (χ0v) is 16.8. The number of methoxy groups -OCH3 is 1. The highest BCUT2D eigenvalue weighted by molar-refractivity contribution is 6.00. The molecule has 3 aromatic carbocycles. The minimum atomic E-state index is -0.539. The van der Waals surface area contributed by atoms with Crippen LogP contribution in [0, 0.1) is 0 Å². The third-order valence-corrected chi connectivity index (χ3v) is 4.84. The molecule has 0 aliphatic heterocycles. The monoisotopic (exact) mass is 415 g/mol. The molecule has 156 valence electrons. The summed E-state index contributed by atoms with van der Waals surface area (Å²) in [7, 11) is 1.64. The predicted molar refractivity (Wildman–Crippen MR) is 119 cm³/mol. The number of fused-ring (bicyclic) bond motifs is 1. The summed E-state index contributed by atoms with van der Waals surface area (Å²) in [5.41, 5.74) is 5.51. The van der Waals surface area contributed by atoms with Gasteiger partial charge in [0.2, 0.25) is 0 Å². The van der Waals surface area contributed by atoms with Crippen LogP contribution in [0.4, 0.5) is 0 Å². The van der Waals surface area contributed by atoms with E-state index in [4.69, 9.17) is 4.74 Å². The minimum absolute atomic E-state index is 0.107. The SMILES string of the molecule is COc1cccc(Cn2cc(C=NNC(=O)c3cc(O)cc(O)c3)c3ccccc32)c1. The molecule has 0 aliphatic carbocycles. The minimum Gasteiger partial charge on any atom is -0.508 e. The van der Waals surface area contributed by atoms with E-state index >= 15 is 0 Å². The molecule has 4 rings (SSSR count). The molecule has 0 saturated heterocycles. The second kappa shape index (κ2) is 8.62. The number of hydrazone groups is 1. The number of phenols is 2. The van der Waals surface area contributed by atoms with Crippen LogP contribution in [0.3, 0.4) is 0 Å². The molecular formula is C24H21N3O4. The number of ether oxygens (including phenoxy) is 1. The molecule has 31 heavy (non-hydrogen) atoms. The first-order valence-corrected chi connectivity index (χ1v) is 9.61. The van der Waals surface area contributed by atoms with Gasteiger partial charge in [0.05, 0.1) is 13.3 Å². The number of amides is 1. The van der Waals surface area contributed by atoms with Gasteiger partial charge in [0.15, 0.2) is 0 Å². The van der Waals surface area contributed by atoms with Gasteiger partial charge in [0, 0.05) is 40.8 Å². The van der Waals surface area contributed by atoms with Crippen molar-refractivity contribution in [2.75, 3.05) is 7.11 Å². The lowest BCUT2D eigenvalue weighted by Gasteiger charge is -2.07. The van der Waals surface area contributed by atoms with Crippen molar-refractivity contribution in [3.63, 3.8) is 0 Å². The fraction of sp³-hybridized carbons (Fsp3) is 0.0833. The highest BCUT2D eigenvalue weighted by Crippen LogP contribution is 2.23. The molecule has 4 aromatic rings. The first-order valence-electron chi connectivity index (χ1n) is 9.61. The second-order valence-electron chi connectivity index (χ2n) is 7.02. The largest absolute Gasteiger partial charge is 0.508 e. The Bertz CT molecular complexity index is 1260. The van der Waals surface area contributed by atoms with Gasteiger partial charge in [-0.15, -0.1) is 0 Å². The van der Waals surface area contributed by atoms with Crippen LogP contribution in [0.5, 0.6) is 17.2 Å². The van der Waals surface area contributed by atoms with Crippen LogP contribution in [-0.2, 0) is 6.54 Å². The Morgan fingerprint density at radius 3 is 2.61 bits per heavy atom. The molecule has 7 nitrogen and oxygen atoms in total. The lowest BCUT2D eigenvalue weighted by Crippen LogP contribution is -2.17. The zero-order valence-electron chi connectivity index (χ0n) is 16.8. The van der Waals surface area contributed by atoms with E-state index in [0.717, 1.165) is 33.8 Å². The van der Waals surface area contributed by atoms with Crippen molar-refractivity contribution in [1.29, 1.82) is 0 Å². The van der Waals surface area contributed by atoms with Gasteiger partial charge in [-0.05, 0) is 35.9 Å². The Morgan fingerprint density at radius 2 is 1.84 bits per heavy atom. The van der Waals surface area contributed by atoms with Gasteiger partial charge in [0.1, 0.15) is 17.2 Å². The summed E-state index contributed by atoms with van der Waals surface area (Å²) in [6.07, 6.45) is 3.55. The number of nitrogens with one attached hydrogen (secondary N) is 1. The van der Waals surface area contributed by atoms with Crippen molar-refractivity contribution in [3.05, 3.63) is 89.6 Å². The molecule has 0 atom stereocenters. The molecule has 0 spiro atoms. The Kier molecular flexibility index (Phi) is 5.57. The molecule has 0 radical (unpaired) electrons. The molecule has 1 amide bonds. The molecule has 0 unspecified atom stereocenters. The van der Waals surface area contributed by atoms with E-state index in [1.807, 2.05) is 54.7 Å². The van der Waals surface area contributed by atoms with Crippen LogP contribution < -0.4 is 10.2 Å². The lowest BCUT2D eigenvalue weighted by molar-refractivity contribution is 0.0954. The summed E-state index contributed by atoms with van der Waals surface area (Å²) in [4.78, 5) is 12.2. The Balaban J connectivity index is 1.57. The molecule has 1 aromatic heterocycles. The number of para-hydroxylation sites is 1. The smallest absolute Gasteiger partial charge is 0.271 e. The summed E-state index contributed by atoms with van der Waals surface area (Å²) < 4.78 is 7.42. The van der Waals surface area contributed by atoms with Crippen molar-refractivity contribution in [3.8, 4) is 17.2 Å². The van der Waals surface area contributed by atoms with E-state index in [1.54, 1.807) is 13.3 Å². The van der Waals surface area contributed by atoms with E-state index in [2.05, 4.69) is 15.1 Å². The molecule has 0 bridgehead atoms. The van der Waals surface area contributed by atoms with Gasteiger partial charge in [-0.2, -0.15) is 5.10 Å². The summed E-state index contributed by atoms with van der Waals surface area (Å²) in [5.74, 6) is -0.136. The van der Waals surface area contributed by atoms with E-state index in [0.29, 0.717) is 6.54 Å². The number of hydrogen-bond acceptors (Lipinski definition) is 5. The Morgan fingerprint density at radius 1 is 1.06 bits per heavy atom. The number of carbonyl (C=O) groups is 1. The normalized spacial score (nSPS) is 11.1. The predicted octanol–water partition coefficient (Wildman–Crippen LogP) is 3.87. The maximum Gasteiger partial charge on any atom is 0.271 e. The van der Waals surface area contributed by atoms with Gasteiger partial charge in [-0.1, -0.05) is 30.3 Å². The highest BCUT2D eigenvalue weighted by Gasteiger charge is 2.10. The van der Waals surface area contributed by atoms with Gasteiger partial charge in [-0.25, -0.2) is 5.43 Å². The summed E-state index contributed by atoms with van der Waals surface area (Å²) in [5, 5.41) is 24.1. The number of phenolic OH excluding ortho intramolecular Hbond substituents is 2. The fourth-order valence-electron chi connectivity index (χ4n) is 3.43. The summed E-state index contributed by atoms with van der Waals surface area (Å²) in [6, 6.07) is 19.5. The maximum absolute atomic E-state index is 12.2. The maximum atomic E-state index is 12.2. The topological polar surface area (TPSA) is 96.1 Å². The quantitative estimate of drug-likeness (QED) is 0.329. The molecule has 0 fully saturated rings. The summed E-state index contributed by atoms with van der Waals surface area (Å²) >= 11 is 0. The fourth-order valence-corrected chi connectivity index (χ4v) is 3.43. The van der Waals surface area contributed by atoms with Crippen molar-refractivity contribution in [1.82, 2.24) is 9.99 Å². The average molecular weight is 415 g/mol. The Labute approximate surface area is 178 Å². The van der Waals surface area contributed by atoms with E-state index < -0.39 is 5.91 Å². The molecule has 3 N–H and O–H groups in total. The number of nitrogens with zero attached hydrogens (tertiary/aromatic N) is 2. The number of hydrogen-bond donors (Lipinski definition) is 3. The third-order valence-electron chi connectivity index (χ3n) is 4.84. The van der Waals surface area contributed by atoms with Crippen molar-refractivity contribution < 1.29 is 19.7 Å². The van der Waals surface area contributed by atoms with Crippen LogP contribution in [0.1, 0.15) is 21.5 Å². The number of aromatic nitrogens is 1. The van der Waals surface area contributed by atoms with Crippen LogP contribution in [0.15, 0.2) is 78.0 Å². The van der Waals surface area contributed by atoms with Crippen LogP contribution in [-0.4, -0.2) is 34.0 Å². The van der Waals surface area contributed by atoms with Crippen molar-refractivity contribution in [2.24, 2.45) is 5.10 Å². The number of carbonyl (C=O) groups excluding carboxylic acids is 1. The van der Waals surface area contributed by atoms with E-state index in [9.17, 15) is 15.0 Å². The first kappa shape index (κ1) is 20.0. The standard InChI is InChI=1S/C24H21N3O4/c1-31-21-6-4-5-16(9-21)14-27-15-18(22-7-2-3-8-23(22)27)13-25-26-24(30)17-10-19(28)12-20(29)11-17/h2-13,15,28-29H,14H2,1H3,(H,26,30).